The summed E-state index contributed by atoms with van der Waals surface area (Å²) >= 11 is 12.0. The first-order valence-corrected chi connectivity index (χ1v) is 10.3. The number of amides is 2. The van der Waals surface area contributed by atoms with E-state index in [-0.39, 0.29) is 41.4 Å². The highest BCUT2D eigenvalue weighted by atomic mass is 35.5. The molecule has 0 aliphatic rings. The summed E-state index contributed by atoms with van der Waals surface area (Å²) in [4.78, 5) is 27.4. The maximum atomic E-state index is 14.2. The predicted octanol–water partition coefficient (Wildman–Crippen LogP) is 5.01. The number of halogens is 3. The third-order valence-corrected chi connectivity index (χ3v) is 5.08. The van der Waals surface area contributed by atoms with Crippen molar-refractivity contribution in [2.75, 3.05) is 0 Å². The van der Waals surface area contributed by atoms with Gasteiger partial charge in [0.1, 0.15) is 11.9 Å². The van der Waals surface area contributed by atoms with Crippen LogP contribution in [0.4, 0.5) is 4.39 Å². The summed E-state index contributed by atoms with van der Waals surface area (Å²) in [6.45, 7) is 5.75. The molecule has 7 heteroatoms. The molecule has 2 rings (SSSR count). The van der Waals surface area contributed by atoms with Gasteiger partial charge in [-0.1, -0.05) is 48.3 Å². The average Bonchev–Trinajstić information content (AvgIpc) is 2.65. The van der Waals surface area contributed by atoms with Gasteiger partial charge in [0, 0.05) is 28.2 Å². The van der Waals surface area contributed by atoms with E-state index in [9.17, 15) is 14.0 Å². The highest BCUT2D eigenvalue weighted by Gasteiger charge is 2.29. The van der Waals surface area contributed by atoms with Crippen molar-refractivity contribution in [3.8, 4) is 0 Å². The van der Waals surface area contributed by atoms with Crippen LogP contribution in [0.3, 0.4) is 0 Å². The number of nitrogens with zero attached hydrogens (tertiary/aromatic N) is 1. The molecule has 0 aliphatic carbocycles. The quantitative estimate of drug-likeness (QED) is 0.629. The van der Waals surface area contributed by atoms with Gasteiger partial charge in [0.25, 0.3) is 0 Å². The van der Waals surface area contributed by atoms with E-state index in [2.05, 4.69) is 5.32 Å². The lowest BCUT2D eigenvalue weighted by molar-refractivity contribution is -0.141. The van der Waals surface area contributed by atoms with E-state index in [0.717, 1.165) is 5.56 Å². The molecule has 1 atom stereocenters. The molecule has 29 heavy (non-hydrogen) atoms. The molecule has 0 radical (unpaired) electrons. The average molecular weight is 439 g/mol. The van der Waals surface area contributed by atoms with Crippen LogP contribution in [0.15, 0.2) is 42.5 Å². The lowest BCUT2D eigenvalue weighted by atomic mass is 10.1. The number of rotatable bonds is 8. The molecule has 2 aromatic carbocycles. The fourth-order valence-corrected chi connectivity index (χ4v) is 3.40. The van der Waals surface area contributed by atoms with Crippen molar-refractivity contribution in [1.29, 1.82) is 0 Å². The normalized spacial score (nSPS) is 12.0. The van der Waals surface area contributed by atoms with Crippen molar-refractivity contribution in [2.45, 2.75) is 52.2 Å². The van der Waals surface area contributed by atoms with Crippen molar-refractivity contribution in [1.82, 2.24) is 10.2 Å². The zero-order chi connectivity index (χ0) is 21.6. The summed E-state index contributed by atoms with van der Waals surface area (Å²) in [5, 5.41) is 3.62. The lowest BCUT2D eigenvalue weighted by Gasteiger charge is -2.31. The van der Waals surface area contributed by atoms with Gasteiger partial charge in [-0.3, -0.25) is 9.59 Å². The molecular formula is C22H25Cl2FN2O2. The minimum atomic E-state index is -0.689. The van der Waals surface area contributed by atoms with Gasteiger partial charge in [0.2, 0.25) is 11.8 Å². The summed E-state index contributed by atoms with van der Waals surface area (Å²) in [5.74, 6) is -1.17. The van der Waals surface area contributed by atoms with E-state index in [0.29, 0.717) is 11.4 Å². The second-order valence-corrected chi connectivity index (χ2v) is 7.96. The molecule has 0 aliphatic heterocycles. The highest BCUT2D eigenvalue weighted by Crippen LogP contribution is 2.22. The summed E-state index contributed by atoms with van der Waals surface area (Å²) in [5.41, 5.74) is 0.942. The Bertz CT molecular complexity index is 836. The lowest BCUT2D eigenvalue weighted by Crippen LogP contribution is -2.50. The maximum Gasteiger partial charge on any atom is 0.243 e. The van der Waals surface area contributed by atoms with Crippen LogP contribution in [-0.4, -0.2) is 28.8 Å². The molecule has 1 N–H and O–H groups in total. The first-order valence-electron chi connectivity index (χ1n) is 9.50. The third-order valence-electron chi connectivity index (χ3n) is 4.47. The largest absolute Gasteiger partial charge is 0.352 e. The van der Waals surface area contributed by atoms with Gasteiger partial charge in [-0.15, -0.1) is 0 Å². The first-order chi connectivity index (χ1) is 13.7. The molecule has 2 amide bonds. The second kappa shape index (κ2) is 10.6. The molecule has 0 saturated heterocycles. The van der Waals surface area contributed by atoms with Crippen molar-refractivity contribution in [2.24, 2.45) is 0 Å². The van der Waals surface area contributed by atoms with Gasteiger partial charge in [0.05, 0.1) is 6.42 Å². The van der Waals surface area contributed by atoms with Gasteiger partial charge < -0.3 is 10.2 Å². The molecule has 0 bridgehead atoms. The topological polar surface area (TPSA) is 49.4 Å². The molecule has 2 aromatic rings. The van der Waals surface area contributed by atoms with Gasteiger partial charge >= 0.3 is 0 Å². The first kappa shape index (κ1) is 23.2. The maximum absolute atomic E-state index is 14.2. The van der Waals surface area contributed by atoms with Crippen LogP contribution in [0.2, 0.25) is 10.0 Å². The van der Waals surface area contributed by atoms with E-state index >= 15 is 0 Å². The minimum absolute atomic E-state index is 0.0648. The number of hydrogen-bond donors (Lipinski definition) is 1. The fraction of sp³-hybridized carbons (Fsp3) is 0.364. The number of nitrogens with one attached hydrogen (secondary N) is 1. The van der Waals surface area contributed by atoms with E-state index < -0.39 is 11.9 Å². The molecule has 156 valence electrons. The van der Waals surface area contributed by atoms with Crippen LogP contribution in [0.25, 0.3) is 0 Å². The highest BCUT2D eigenvalue weighted by molar-refractivity contribution is 6.31. The van der Waals surface area contributed by atoms with E-state index in [1.165, 1.54) is 17.0 Å². The van der Waals surface area contributed by atoms with Crippen molar-refractivity contribution in [3.63, 3.8) is 0 Å². The van der Waals surface area contributed by atoms with Crippen LogP contribution in [0, 0.1) is 5.82 Å². The van der Waals surface area contributed by atoms with E-state index in [4.69, 9.17) is 23.2 Å². The summed E-state index contributed by atoms with van der Waals surface area (Å²) in [6, 6.07) is 10.6. The molecule has 0 fully saturated rings. The fourth-order valence-electron chi connectivity index (χ4n) is 3.04. The SMILES string of the molecule is CC[C@@H](C(=O)NC(C)C)N(Cc1ccc(Cl)cc1)C(=O)Cc1c(F)cccc1Cl. The molecule has 0 heterocycles. The Balaban J connectivity index is 2.34. The third kappa shape index (κ3) is 6.44. The predicted molar refractivity (Wildman–Crippen MR) is 114 cm³/mol. The number of carbonyl (C=O) groups excluding carboxylic acids is 2. The zero-order valence-electron chi connectivity index (χ0n) is 16.7. The standard InChI is InChI=1S/C22H25Cl2FN2O2/c1-4-20(22(29)26-14(2)3)27(13-15-8-10-16(23)11-9-15)21(28)12-17-18(24)6-5-7-19(17)25/h5-11,14,20H,4,12-13H2,1-3H3,(H,26,29)/t20-/m0/s1. The molecule has 4 nitrogen and oxygen atoms in total. The molecule has 0 spiro atoms. The Morgan fingerprint density at radius 3 is 2.31 bits per heavy atom. The molecule has 0 unspecified atom stereocenters. The Morgan fingerprint density at radius 1 is 1.10 bits per heavy atom. The van der Waals surface area contributed by atoms with Crippen LogP contribution in [0.5, 0.6) is 0 Å². The second-order valence-electron chi connectivity index (χ2n) is 7.11. The monoisotopic (exact) mass is 438 g/mol. The van der Waals surface area contributed by atoms with Gasteiger partial charge in [-0.05, 0) is 50.1 Å². The minimum Gasteiger partial charge on any atom is -0.352 e. The molecule has 0 aromatic heterocycles. The number of carbonyl (C=O) groups is 2. The van der Waals surface area contributed by atoms with Crippen LogP contribution < -0.4 is 5.32 Å². The summed E-state index contributed by atoms with van der Waals surface area (Å²) < 4.78 is 14.2. The number of hydrogen-bond acceptors (Lipinski definition) is 2. The summed E-state index contributed by atoms with van der Waals surface area (Å²) in [6.07, 6.45) is 0.188. The Morgan fingerprint density at radius 2 is 1.76 bits per heavy atom. The number of benzene rings is 2. The van der Waals surface area contributed by atoms with Crippen molar-refractivity contribution in [3.05, 3.63) is 69.5 Å². The van der Waals surface area contributed by atoms with Crippen LogP contribution in [0.1, 0.15) is 38.3 Å². The van der Waals surface area contributed by atoms with E-state index in [1.807, 2.05) is 20.8 Å². The van der Waals surface area contributed by atoms with Gasteiger partial charge in [0.15, 0.2) is 0 Å². The van der Waals surface area contributed by atoms with E-state index in [1.54, 1.807) is 30.3 Å². The Labute approximate surface area is 181 Å². The van der Waals surface area contributed by atoms with Crippen LogP contribution in [-0.2, 0) is 22.6 Å². The van der Waals surface area contributed by atoms with Crippen molar-refractivity contribution >= 4 is 35.0 Å². The smallest absolute Gasteiger partial charge is 0.243 e. The Kier molecular flexibility index (Phi) is 8.47. The zero-order valence-corrected chi connectivity index (χ0v) is 18.2. The molecule has 0 saturated carbocycles. The van der Waals surface area contributed by atoms with Crippen LogP contribution >= 0.6 is 23.2 Å². The Hall–Kier alpha value is -2.11. The molecular weight excluding hydrogens is 414 g/mol. The summed E-state index contributed by atoms with van der Waals surface area (Å²) in [7, 11) is 0. The van der Waals surface area contributed by atoms with Crippen molar-refractivity contribution < 1.29 is 14.0 Å². The van der Waals surface area contributed by atoms with Gasteiger partial charge in [-0.25, -0.2) is 4.39 Å². The van der Waals surface area contributed by atoms with Gasteiger partial charge in [-0.2, -0.15) is 0 Å².